The molecule has 0 heterocycles. The number of carbonyl (C=O) groups is 1. The van der Waals surface area contributed by atoms with E-state index >= 15 is 0 Å². The van der Waals surface area contributed by atoms with Crippen molar-refractivity contribution in [1.29, 1.82) is 0 Å². The highest BCUT2D eigenvalue weighted by molar-refractivity contribution is 5.82. The van der Waals surface area contributed by atoms with Crippen LogP contribution in [0.15, 0.2) is 30.3 Å². The first-order chi connectivity index (χ1) is 7.68. The summed E-state index contributed by atoms with van der Waals surface area (Å²) in [6, 6.07) is 9.01. The van der Waals surface area contributed by atoms with Gasteiger partial charge in [-0.05, 0) is 24.3 Å². The molecule has 1 aromatic carbocycles. The van der Waals surface area contributed by atoms with Crippen molar-refractivity contribution in [3.8, 4) is 0 Å². The van der Waals surface area contributed by atoms with Gasteiger partial charge in [0.25, 0.3) is 0 Å². The predicted octanol–water partition coefficient (Wildman–Crippen LogP) is 1.55. The monoisotopic (exact) mass is 218 g/mol. The van der Waals surface area contributed by atoms with Crippen molar-refractivity contribution in [3.05, 3.63) is 35.9 Å². The maximum absolute atomic E-state index is 12.0. The zero-order valence-corrected chi connectivity index (χ0v) is 9.60. The van der Waals surface area contributed by atoms with Crippen LogP contribution in [0.25, 0.3) is 0 Å². The molecule has 1 aliphatic carbocycles. The van der Waals surface area contributed by atoms with Gasteiger partial charge in [0.05, 0.1) is 0 Å². The quantitative estimate of drug-likeness (QED) is 0.833. The molecule has 1 saturated carbocycles. The van der Waals surface area contributed by atoms with E-state index in [2.05, 4.69) is 0 Å². The third-order valence-electron chi connectivity index (χ3n) is 3.03. The molecule has 1 atom stereocenters. The van der Waals surface area contributed by atoms with Crippen molar-refractivity contribution in [1.82, 2.24) is 4.90 Å². The molecule has 3 nitrogen and oxygen atoms in total. The zero-order valence-electron chi connectivity index (χ0n) is 9.60. The molecule has 2 rings (SSSR count). The molecule has 1 amide bonds. The highest BCUT2D eigenvalue weighted by Crippen LogP contribution is 2.29. The lowest BCUT2D eigenvalue weighted by atomic mass is 10.1. The van der Waals surface area contributed by atoms with E-state index < -0.39 is 6.04 Å². The summed E-state index contributed by atoms with van der Waals surface area (Å²) < 4.78 is 0. The average molecular weight is 218 g/mol. The van der Waals surface area contributed by atoms with E-state index in [1.165, 1.54) is 12.8 Å². The zero-order chi connectivity index (χ0) is 11.5. The van der Waals surface area contributed by atoms with Crippen molar-refractivity contribution in [2.24, 2.45) is 11.7 Å². The van der Waals surface area contributed by atoms with E-state index in [4.69, 9.17) is 5.73 Å². The second kappa shape index (κ2) is 4.66. The number of hydrogen-bond donors (Lipinski definition) is 1. The molecule has 86 valence electrons. The van der Waals surface area contributed by atoms with Crippen LogP contribution < -0.4 is 5.73 Å². The lowest BCUT2D eigenvalue weighted by Gasteiger charge is -2.21. The molecule has 16 heavy (non-hydrogen) atoms. The van der Waals surface area contributed by atoms with Crippen LogP contribution in [0.1, 0.15) is 24.4 Å². The normalized spacial score (nSPS) is 16.9. The lowest BCUT2D eigenvalue weighted by Crippen LogP contribution is -2.36. The first kappa shape index (κ1) is 11.1. The average Bonchev–Trinajstić information content (AvgIpc) is 3.12. The van der Waals surface area contributed by atoms with Crippen LogP contribution in [-0.2, 0) is 4.79 Å². The van der Waals surface area contributed by atoms with E-state index in [9.17, 15) is 4.79 Å². The van der Waals surface area contributed by atoms with E-state index in [0.717, 1.165) is 12.1 Å². The van der Waals surface area contributed by atoms with Crippen molar-refractivity contribution in [3.63, 3.8) is 0 Å². The van der Waals surface area contributed by atoms with Gasteiger partial charge in [0.1, 0.15) is 6.04 Å². The molecule has 1 aromatic rings. The summed E-state index contributed by atoms with van der Waals surface area (Å²) in [5.41, 5.74) is 6.83. The van der Waals surface area contributed by atoms with E-state index in [1.807, 2.05) is 37.4 Å². The summed E-state index contributed by atoms with van der Waals surface area (Å²) in [6.45, 7) is 0.847. The van der Waals surface area contributed by atoms with Crippen LogP contribution >= 0.6 is 0 Å². The first-order valence-corrected chi connectivity index (χ1v) is 5.74. The van der Waals surface area contributed by atoms with E-state index in [-0.39, 0.29) is 5.91 Å². The molecule has 1 fully saturated rings. The SMILES string of the molecule is CN(CC1CC1)C(=O)[C@H](N)c1ccccc1. The van der Waals surface area contributed by atoms with Crippen molar-refractivity contribution in [2.75, 3.05) is 13.6 Å². The Morgan fingerprint density at radius 3 is 2.62 bits per heavy atom. The minimum absolute atomic E-state index is 0.0121. The lowest BCUT2D eigenvalue weighted by molar-refractivity contribution is -0.131. The molecule has 2 N–H and O–H groups in total. The summed E-state index contributed by atoms with van der Waals surface area (Å²) in [4.78, 5) is 13.8. The number of hydrogen-bond acceptors (Lipinski definition) is 2. The third-order valence-corrected chi connectivity index (χ3v) is 3.03. The molecule has 0 radical (unpaired) electrons. The minimum Gasteiger partial charge on any atom is -0.344 e. The molecule has 0 aromatic heterocycles. The van der Waals surface area contributed by atoms with Gasteiger partial charge in [0.2, 0.25) is 5.91 Å². The summed E-state index contributed by atoms with van der Waals surface area (Å²) in [6.07, 6.45) is 2.50. The van der Waals surface area contributed by atoms with Gasteiger partial charge in [-0.25, -0.2) is 0 Å². The Kier molecular flexibility index (Phi) is 3.25. The number of nitrogens with two attached hydrogens (primary N) is 1. The van der Waals surface area contributed by atoms with E-state index in [0.29, 0.717) is 5.92 Å². The number of nitrogens with zero attached hydrogens (tertiary/aromatic N) is 1. The van der Waals surface area contributed by atoms with Crippen molar-refractivity contribution < 1.29 is 4.79 Å². The number of rotatable bonds is 4. The van der Waals surface area contributed by atoms with Gasteiger partial charge in [-0.2, -0.15) is 0 Å². The number of amides is 1. The molecule has 1 aliphatic rings. The van der Waals surface area contributed by atoms with Gasteiger partial charge in [-0.15, -0.1) is 0 Å². The fourth-order valence-corrected chi connectivity index (χ4v) is 1.82. The van der Waals surface area contributed by atoms with Gasteiger partial charge >= 0.3 is 0 Å². The number of likely N-dealkylation sites (N-methyl/N-ethyl adjacent to an activating group) is 1. The Hall–Kier alpha value is -1.35. The Balaban J connectivity index is 1.97. The Morgan fingerprint density at radius 1 is 1.44 bits per heavy atom. The van der Waals surface area contributed by atoms with Crippen LogP contribution in [0, 0.1) is 5.92 Å². The fraction of sp³-hybridized carbons (Fsp3) is 0.462. The highest BCUT2D eigenvalue weighted by atomic mass is 16.2. The van der Waals surface area contributed by atoms with Gasteiger partial charge < -0.3 is 10.6 Å². The van der Waals surface area contributed by atoms with Crippen LogP contribution in [0.4, 0.5) is 0 Å². The predicted molar refractivity (Wildman–Crippen MR) is 63.7 cm³/mol. The topological polar surface area (TPSA) is 46.3 Å². The maximum atomic E-state index is 12.0. The van der Waals surface area contributed by atoms with Gasteiger partial charge in [0.15, 0.2) is 0 Å². The molecule has 3 heteroatoms. The van der Waals surface area contributed by atoms with Gasteiger partial charge in [-0.3, -0.25) is 4.79 Å². The van der Waals surface area contributed by atoms with Gasteiger partial charge in [-0.1, -0.05) is 30.3 Å². The van der Waals surface area contributed by atoms with Crippen LogP contribution in [0.5, 0.6) is 0 Å². The summed E-state index contributed by atoms with van der Waals surface area (Å²) in [5.74, 6) is 0.718. The van der Waals surface area contributed by atoms with Crippen molar-refractivity contribution >= 4 is 5.91 Å². The highest BCUT2D eigenvalue weighted by Gasteiger charge is 2.27. The third kappa shape index (κ3) is 2.61. The molecule has 0 unspecified atom stereocenters. The van der Waals surface area contributed by atoms with E-state index in [1.54, 1.807) is 4.90 Å². The summed E-state index contributed by atoms with van der Waals surface area (Å²) in [5, 5.41) is 0. The molecule has 0 saturated heterocycles. The summed E-state index contributed by atoms with van der Waals surface area (Å²) >= 11 is 0. The standard InChI is InChI=1S/C13H18N2O/c1-15(9-10-7-8-10)13(16)12(14)11-5-3-2-4-6-11/h2-6,10,12H,7-9,14H2,1H3/t12-/m1/s1. The Morgan fingerprint density at radius 2 is 2.06 bits per heavy atom. The number of carbonyl (C=O) groups excluding carboxylic acids is 1. The van der Waals surface area contributed by atoms with Crippen LogP contribution in [0.2, 0.25) is 0 Å². The van der Waals surface area contributed by atoms with Crippen molar-refractivity contribution in [2.45, 2.75) is 18.9 Å². The van der Waals surface area contributed by atoms with Gasteiger partial charge in [0, 0.05) is 13.6 Å². The second-order valence-electron chi connectivity index (χ2n) is 4.55. The molecule has 0 aliphatic heterocycles. The molecular weight excluding hydrogens is 200 g/mol. The fourth-order valence-electron chi connectivity index (χ4n) is 1.82. The molecule has 0 spiro atoms. The maximum Gasteiger partial charge on any atom is 0.243 e. The number of benzene rings is 1. The second-order valence-corrected chi connectivity index (χ2v) is 4.55. The smallest absolute Gasteiger partial charge is 0.243 e. The Labute approximate surface area is 96.2 Å². The minimum atomic E-state index is -0.523. The van der Waals surface area contributed by atoms with Crippen LogP contribution in [0.3, 0.4) is 0 Å². The molecular formula is C13H18N2O. The molecule has 0 bridgehead atoms. The Bertz CT molecular complexity index is 359. The largest absolute Gasteiger partial charge is 0.344 e. The first-order valence-electron chi connectivity index (χ1n) is 5.74. The van der Waals surface area contributed by atoms with Crippen LogP contribution in [-0.4, -0.2) is 24.4 Å². The summed E-state index contributed by atoms with van der Waals surface area (Å²) in [7, 11) is 1.84.